The molecular weight excluding hydrogens is 753 g/mol. The Labute approximate surface area is 348 Å². The number of carbonyl (C=O) groups excluding carboxylic acids is 5. The number of anilines is 1. The van der Waals surface area contributed by atoms with Gasteiger partial charge in [0.1, 0.15) is 18.2 Å². The number of primary amides is 1. The predicted molar refractivity (Wildman–Crippen MR) is 223 cm³/mol. The van der Waals surface area contributed by atoms with Crippen molar-refractivity contribution in [3.63, 3.8) is 0 Å². The zero-order valence-electron chi connectivity index (χ0n) is 34.7. The Morgan fingerprint density at radius 1 is 0.814 bits per heavy atom. The van der Waals surface area contributed by atoms with Crippen molar-refractivity contribution in [2.75, 3.05) is 84.4 Å². The van der Waals surface area contributed by atoms with Crippen molar-refractivity contribution in [2.24, 2.45) is 11.7 Å². The van der Waals surface area contributed by atoms with Crippen LogP contribution in [0.3, 0.4) is 0 Å². The van der Waals surface area contributed by atoms with E-state index < -0.39 is 23.9 Å². The molecule has 59 heavy (non-hydrogen) atoms. The molecule has 6 amide bonds. The number of nitrogens with one attached hydrogen (secondary N) is 6. The molecule has 8 rings (SSSR count). The number of likely N-dealkylation sites (N-methyl/N-ethyl adjacent to an activating group) is 1. The van der Waals surface area contributed by atoms with Crippen molar-refractivity contribution in [2.45, 2.75) is 113 Å². The number of nitrogens with zero attached hydrogens (tertiary/aromatic N) is 5. The van der Waals surface area contributed by atoms with Crippen LogP contribution in [-0.4, -0.2) is 176 Å². The lowest BCUT2D eigenvalue weighted by atomic mass is 9.88. The van der Waals surface area contributed by atoms with Crippen LogP contribution in [0.1, 0.15) is 75.7 Å². The number of hydrogen-bond acceptors (Lipinski definition) is 12. The Kier molecular flexibility index (Phi) is 13.3. The van der Waals surface area contributed by atoms with Gasteiger partial charge in [-0.05, 0) is 120 Å². The van der Waals surface area contributed by atoms with Gasteiger partial charge >= 0.3 is 6.03 Å². The van der Waals surface area contributed by atoms with Gasteiger partial charge in [0, 0.05) is 70.5 Å². The highest BCUT2D eigenvalue weighted by atomic mass is 16.2. The summed E-state index contributed by atoms with van der Waals surface area (Å²) in [5.41, 5.74) is 8.17. The van der Waals surface area contributed by atoms with Crippen LogP contribution >= 0.6 is 0 Å². The summed E-state index contributed by atoms with van der Waals surface area (Å²) in [6.07, 6.45) is 8.68. The molecule has 7 heterocycles. The van der Waals surface area contributed by atoms with E-state index in [2.05, 4.69) is 70.9 Å². The number of likely N-dealkylation sites (tertiary alicyclic amines) is 3. The van der Waals surface area contributed by atoms with Crippen molar-refractivity contribution < 1.29 is 24.0 Å². The lowest BCUT2D eigenvalue weighted by molar-refractivity contribution is -0.137. The first-order chi connectivity index (χ1) is 28.6. The van der Waals surface area contributed by atoms with Crippen LogP contribution in [0.25, 0.3) is 0 Å². The smallest absolute Gasteiger partial charge is 0.320 e. The molecule has 0 saturated carbocycles. The molecule has 0 radical (unpaired) electrons. The SMILES string of the molecule is CN1CCN([C@@H]2CCCN(C3CNC(C(N)=O)C(Nc4ccc(C5CCN(CC6CCN(C7CCC(C(=O)N[C@H]8CCC(=O)NC8=O)NC7)CC6)CC5)cc4)N3)C2)C1=O. The second-order valence-electron chi connectivity index (χ2n) is 18.2. The van der Waals surface area contributed by atoms with Crippen LogP contribution in [0.15, 0.2) is 24.3 Å². The zero-order chi connectivity index (χ0) is 41.0. The molecule has 7 atom stereocenters. The number of rotatable bonds is 11. The largest absolute Gasteiger partial charge is 0.368 e. The van der Waals surface area contributed by atoms with Gasteiger partial charge in [0.15, 0.2) is 0 Å². The fourth-order valence-electron chi connectivity index (χ4n) is 10.7. The van der Waals surface area contributed by atoms with E-state index >= 15 is 0 Å². The molecule has 8 N–H and O–H groups in total. The Bertz CT molecular complexity index is 1660. The third-order valence-corrected chi connectivity index (χ3v) is 14.3. The number of benzene rings is 1. The Morgan fingerprint density at radius 3 is 2.27 bits per heavy atom. The number of piperidine rings is 5. The molecule has 7 fully saturated rings. The summed E-state index contributed by atoms with van der Waals surface area (Å²) in [6.45, 7) is 10.2. The van der Waals surface area contributed by atoms with E-state index in [1.165, 1.54) is 18.4 Å². The number of urea groups is 1. The van der Waals surface area contributed by atoms with Crippen molar-refractivity contribution in [1.29, 1.82) is 0 Å². The first-order valence-electron chi connectivity index (χ1n) is 22.3. The van der Waals surface area contributed by atoms with Crippen molar-refractivity contribution in [3.05, 3.63) is 29.8 Å². The number of imide groups is 1. The van der Waals surface area contributed by atoms with Gasteiger partial charge in [0.25, 0.3) is 0 Å². The molecule has 17 nitrogen and oxygen atoms in total. The zero-order valence-corrected chi connectivity index (χ0v) is 34.7. The Morgan fingerprint density at radius 2 is 1.59 bits per heavy atom. The summed E-state index contributed by atoms with van der Waals surface area (Å²) in [4.78, 5) is 73.0. The molecule has 0 aliphatic carbocycles. The summed E-state index contributed by atoms with van der Waals surface area (Å²) in [5, 5.41) is 19.2. The summed E-state index contributed by atoms with van der Waals surface area (Å²) in [5.74, 6) is 0.00335. The van der Waals surface area contributed by atoms with Gasteiger partial charge in [0.05, 0.1) is 12.2 Å². The van der Waals surface area contributed by atoms with Crippen LogP contribution in [0, 0.1) is 5.92 Å². The van der Waals surface area contributed by atoms with Crippen molar-refractivity contribution in [1.82, 2.24) is 51.1 Å². The van der Waals surface area contributed by atoms with Crippen LogP contribution in [0.5, 0.6) is 0 Å². The van der Waals surface area contributed by atoms with E-state index in [1.807, 2.05) is 11.9 Å². The molecule has 7 aliphatic rings. The number of piperazine rings is 1. The Hall–Kier alpha value is -3.87. The average Bonchev–Trinajstić information content (AvgIpc) is 3.59. The number of hydrogen-bond donors (Lipinski definition) is 7. The molecule has 0 aromatic heterocycles. The van der Waals surface area contributed by atoms with Crippen LogP contribution < -0.4 is 37.6 Å². The number of nitrogens with two attached hydrogens (primary N) is 1. The molecular formula is C42H66N12O5. The quantitative estimate of drug-likeness (QED) is 0.143. The molecule has 324 valence electrons. The predicted octanol–water partition coefficient (Wildman–Crippen LogP) is -0.437. The lowest BCUT2D eigenvalue weighted by Gasteiger charge is -2.46. The summed E-state index contributed by atoms with van der Waals surface area (Å²) in [7, 11) is 1.87. The number of amides is 6. The van der Waals surface area contributed by atoms with Crippen LogP contribution in [-0.2, 0) is 19.2 Å². The second kappa shape index (κ2) is 18.8. The van der Waals surface area contributed by atoms with Gasteiger partial charge in [-0.1, -0.05) is 12.1 Å². The summed E-state index contributed by atoms with van der Waals surface area (Å²) >= 11 is 0. The van der Waals surface area contributed by atoms with Crippen molar-refractivity contribution >= 4 is 35.3 Å². The van der Waals surface area contributed by atoms with Gasteiger partial charge in [-0.2, -0.15) is 0 Å². The maximum Gasteiger partial charge on any atom is 0.320 e. The minimum absolute atomic E-state index is 0.0119. The maximum absolute atomic E-state index is 12.8. The van der Waals surface area contributed by atoms with E-state index in [0.717, 1.165) is 110 Å². The fourth-order valence-corrected chi connectivity index (χ4v) is 10.7. The molecule has 5 unspecified atom stereocenters. The molecule has 7 saturated heterocycles. The minimum Gasteiger partial charge on any atom is -0.368 e. The summed E-state index contributed by atoms with van der Waals surface area (Å²) < 4.78 is 0. The van der Waals surface area contributed by atoms with E-state index in [-0.39, 0.29) is 48.7 Å². The first kappa shape index (κ1) is 41.8. The molecule has 1 aromatic rings. The topological polar surface area (TPSA) is 200 Å². The molecule has 0 spiro atoms. The van der Waals surface area contributed by atoms with Gasteiger partial charge in [-0.3, -0.25) is 39.6 Å². The maximum atomic E-state index is 12.8. The van der Waals surface area contributed by atoms with Crippen molar-refractivity contribution in [3.8, 4) is 0 Å². The highest BCUT2D eigenvalue weighted by Gasteiger charge is 2.40. The average molecular weight is 819 g/mol. The van der Waals surface area contributed by atoms with Crippen LogP contribution in [0.4, 0.5) is 10.5 Å². The minimum atomic E-state index is -0.631. The van der Waals surface area contributed by atoms with E-state index in [0.29, 0.717) is 30.8 Å². The Balaban J connectivity index is 0.744. The van der Waals surface area contributed by atoms with E-state index in [9.17, 15) is 24.0 Å². The lowest BCUT2D eigenvalue weighted by Crippen LogP contribution is -2.71. The van der Waals surface area contributed by atoms with Gasteiger partial charge in [-0.25, -0.2) is 4.79 Å². The van der Waals surface area contributed by atoms with Crippen LogP contribution in [0.2, 0.25) is 0 Å². The first-order valence-corrected chi connectivity index (χ1v) is 22.3. The van der Waals surface area contributed by atoms with Gasteiger partial charge < -0.3 is 41.7 Å². The highest BCUT2D eigenvalue weighted by Crippen LogP contribution is 2.31. The molecule has 17 heteroatoms. The van der Waals surface area contributed by atoms with E-state index in [4.69, 9.17) is 5.73 Å². The fraction of sp³-hybridized carbons (Fsp3) is 0.738. The third-order valence-electron chi connectivity index (χ3n) is 14.3. The molecule has 1 aromatic carbocycles. The van der Waals surface area contributed by atoms with E-state index in [1.54, 1.807) is 4.90 Å². The molecule has 0 bridgehead atoms. The monoisotopic (exact) mass is 819 g/mol. The van der Waals surface area contributed by atoms with Gasteiger partial charge in [-0.15, -0.1) is 0 Å². The number of carbonyl (C=O) groups is 5. The standard InChI is InChI=1S/C42H66N12O5/c1-50-21-22-54(42(50)59)32-3-2-16-53(26-32)35-24-45-37(38(43)56)39(48-35)46-30-6-4-28(5-7-30)29-14-17-51(18-15-29)25-27-12-19-52(20-13-27)31-8-9-33(44-23-31)40(57)47-34-10-11-36(55)49-41(34)58/h4-7,27,29,31-35,37,39,44-46,48H,2-3,8-26H2,1H3,(H2,43,56)(H,47,57)(H,49,55,58)/t31?,32-,33?,34+,35?,37?,39?/m1/s1. The van der Waals surface area contributed by atoms with Gasteiger partial charge in [0.2, 0.25) is 23.6 Å². The second-order valence-corrected chi connectivity index (χ2v) is 18.2. The summed E-state index contributed by atoms with van der Waals surface area (Å²) in [6, 6.07) is 7.98. The molecule has 7 aliphatic heterocycles. The highest BCUT2D eigenvalue weighted by molar-refractivity contribution is 6.02. The normalized spacial score (nSPS) is 32.6. The third kappa shape index (κ3) is 10.0.